The molecular formula is C19H27NO3. The molecule has 0 saturated heterocycles. The zero-order valence-electron chi connectivity index (χ0n) is 14.0. The van der Waals surface area contributed by atoms with Gasteiger partial charge in [-0.1, -0.05) is 6.92 Å². The summed E-state index contributed by atoms with van der Waals surface area (Å²) in [5, 5.41) is 12.4. The molecule has 0 aromatic rings. The van der Waals surface area contributed by atoms with Gasteiger partial charge in [-0.25, -0.2) is 0 Å². The Bertz CT molecular complexity index is 571. The molecule has 126 valence electrons. The van der Waals surface area contributed by atoms with Gasteiger partial charge in [-0.05, 0) is 67.6 Å². The van der Waals surface area contributed by atoms with Crippen molar-refractivity contribution in [3.05, 3.63) is 0 Å². The van der Waals surface area contributed by atoms with E-state index in [4.69, 9.17) is 5.21 Å². The number of carbonyl (C=O) groups excluding carboxylic acids is 2. The van der Waals surface area contributed by atoms with Crippen LogP contribution < -0.4 is 0 Å². The summed E-state index contributed by atoms with van der Waals surface area (Å²) >= 11 is 0. The Hall–Kier alpha value is -1.19. The predicted molar refractivity (Wildman–Crippen MR) is 86.3 cm³/mol. The van der Waals surface area contributed by atoms with Crippen LogP contribution in [-0.2, 0) is 9.59 Å². The van der Waals surface area contributed by atoms with Crippen molar-refractivity contribution in [1.82, 2.24) is 0 Å². The molecule has 1 N–H and O–H groups in total. The molecule has 0 amide bonds. The fourth-order valence-corrected chi connectivity index (χ4v) is 6.89. The summed E-state index contributed by atoms with van der Waals surface area (Å²) < 4.78 is 0. The van der Waals surface area contributed by atoms with E-state index in [-0.39, 0.29) is 11.2 Å². The number of rotatable bonds is 1. The first kappa shape index (κ1) is 15.3. The maximum Gasteiger partial charge on any atom is 0.144 e. The van der Waals surface area contributed by atoms with Gasteiger partial charge >= 0.3 is 0 Å². The third-order valence-electron chi connectivity index (χ3n) is 8.10. The second kappa shape index (κ2) is 5.15. The van der Waals surface area contributed by atoms with E-state index in [1.54, 1.807) is 6.21 Å². The minimum atomic E-state index is -0.496. The van der Waals surface area contributed by atoms with Gasteiger partial charge < -0.3 is 5.21 Å². The molecule has 4 aliphatic rings. The van der Waals surface area contributed by atoms with E-state index < -0.39 is 5.41 Å². The second-order valence-corrected chi connectivity index (χ2v) is 8.69. The quantitative estimate of drug-likeness (QED) is 0.456. The first-order chi connectivity index (χ1) is 11.0. The Morgan fingerprint density at radius 1 is 1.09 bits per heavy atom. The van der Waals surface area contributed by atoms with Crippen LogP contribution in [0.25, 0.3) is 0 Å². The van der Waals surface area contributed by atoms with E-state index in [0.717, 1.165) is 51.4 Å². The molecule has 6 atom stereocenters. The van der Waals surface area contributed by atoms with Crippen molar-refractivity contribution in [1.29, 1.82) is 0 Å². The highest BCUT2D eigenvalue weighted by atomic mass is 16.4. The third kappa shape index (κ3) is 1.99. The van der Waals surface area contributed by atoms with E-state index in [1.165, 1.54) is 0 Å². The SMILES string of the molecule is C[C@]12CCC(=O)CC1CC[C@@H]1[C@@H]2CC[C@]2(C=NO)C(=O)CC[C@@H]12. The van der Waals surface area contributed by atoms with Crippen LogP contribution in [0.3, 0.4) is 0 Å². The van der Waals surface area contributed by atoms with Crippen LogP contribution in [0.5, 0.6) is 0 Å². The number of carbonyl (C=O) groups is 2. The highest BCUT2D eigenvalue weighted by Gasteiger charge is 2.61. The van der Waals surface area contributed by atoms with Gasteiger partial charge in [0, 0.05) is 19.3 Å². The van der Waals surface area contributed by atoms with Crippen LogP contribution in [0.2, 0.25) is 0 Å². The normalized spacial score (nSPS) is 49.8. The minimum Gasteiger partial charge on any atom is -0.411 e. The number of hydrogen-bond donors (Lipinski definition) is 1. The van der Waals surface area contributed by atoms with Crippen molar-refractivity contribution in [2.45, 2.75) is 64.7 Å². The summed E-state index contributed by atoms with van der Waals surface area (Å²) in [6.07, 6.45) is 9.82. The van der Waals surface area contributed by atoms with Crippen molar-refractivity contribution >= 4 is 17.8 Å². The van der Waals surface area contributed by atoms with E-state index >= 15 is 0 Å². The Kier molecular flexibility index (Phi) is 3.44. The second-order valence-electron chi connectivity index (χ2n) is 8.69. The summed E-state index contributed by atoms with van der Waals surface area (Å²) in [6.45, 7) is 2.41. The van der Waals surface area contributed by atoms with Gasteiger partial charge in [0.15, 0.2) is 0 Å². The molecule has 0 spiro atoms. The monoisotopic (exact) mass is 317 g/mol. The predicted octanol–water partition coefficient (Wildman–Crippen LogP) is 3.61. The molecule has 0 aromatic heterocycles. The van der Waals surface area contributed by atoms with E-state index in [0.29, 0.717) is 35.9 Å². The molecule has 4 heteroatoms. The summed E-state index contributed by atoms with van der Waals surface area (Å²) in [5.74, 6) is 2.80. The van der Waals surface area contributed by atoms with Gasteiger partial charge in [0.05, 0.1) is 11.6 Å². The molecule has 4 fully saturated rings. The van der Waals surface area contributed by atoms with Crippen molar-refractivity contribution in [3.63, 3.8) is 0 Å². The minimum absolute atomic E-state index is 0.269. The van der Waals surface area contributed by atoms with Gasteiger partial charge in [0.1, 0.15) is 11.6 Å². The molecule has 4 rings (SSSR count). The summed E-state index contributed by atoms with van der Waals surface area (Å²) in [4.78, 5) is 24.4. The van der Waals surface area contributed by atoms with Gasteiger partial charge in [-0.3, -0.25) is 9.59 Å². The fraction of sp³-hybridized carbons (Fsp3) is 0.842. The zero-order chi connectivity index (χ0) is 16.2. The van der Waals surface area contributed by atoms with Crippen LogP contribution in [0.1, 0.15) is 64.7 Å². The number of fused-ring (bicyclic) bond motifs is 5. The third-order valence-corrected chi connectivity index (χ3v) is 8.10. The topological polar surface area (TPSA) is 66.7 Å². The van der Waals surface area contributed by atoms with Crippen LogP contribution in [0, 0.1) is 34.5 Å². The van der Waals surface area contributed by atoms with E-state index in [1.807, 2.05) is 0 Å². The van der Waals surface area contributed by atoms with Gasteiger partial charge in [0.25, 0.3) is 0 Å². The largest absolute Gasteiger partial charge is 0.411 e. The number of nitrogens with zero attached hydrogens (tertiary/aromatic N) is 1. The number of ketones is 2. The molecule has 0 aromatic carbocycles. The number of Topliss-reactive ketones (excluding diaryl/α,β-unsaturated/α-hetero) is 2. The lowest BCUT2D eigenvalue weighted by Crippen LogP contribution is -2.54. The lowest BCUT2D eigenvalue weighted by molar-refractivity contribution is -0.139. The number of hydrogen-bond acceptors (Lipinski definition) is 4. The average molecular weight is 317 g/mol. The first-order valence-electron chi connectivity index (χ1n) is 9.25. The van der Waals surface area contributed by atoms with Crippen molar-refractivity contribution in [2.24, 2.45) is 39.7 Å². The lowest BCUT2D eigenvalue weighted by Gasteiger charge is -2.59. The van der Waals surface area contributed by atoms with Crippen LogP contribution in [-0.4, -0.2) is 23.0 Å². The van der Waals surface area contributed by atoms with Crippen LogP contribution in [0.4, 0.5) is 0 Å². The molecule has 23 heavy (non-hydrogen) atoms. The summed E-state index contributed by atoms with van der Waals surface area (Å²) in [7, 11) is 0. The number of oxime groups is 1. The van der Waals surface area contributed by atoms with Crippen LogP contribution in [0.15, 0.2) is 5.16 Å². The van der Waals surface area contributed by atoms with Gasteiger partial charge in [-0.2, -0.15) is 0 Å². The van der Waals surface area contributed by atoms with E-state index in [2.05, 4.69) is 12.1 Å². The molecule has 0 bridgehead atoms. The lowest BCUT2D eigenvalue weighted by atomic mass is 9.45. The fourth-order valence-electron chi connectivity index (χ4n) is 6.89. The standard InChI is InChI=1S/C19H27NO3/c1-18-8-6-13(21)10-12(18)2-3-14-15(18)7-9-19(11-20-23)16(14)4-5-17(19)22/h11-12,14-16,23H,2-10H2,1H3/t12?,14-,15+,16+,18+,19-/m1/s1. The molecular weight excluding hydrogens is 290 g/mol. The van der Waals surface area contributed by atoms with Gasteiger partial charge in [-0.15, -0.1) is 5.16 Å². The van der Waals surface area contributed by atoms with Crippen LogP contribution >= 0.6 is 0 Å². The molecule has 4 aliphatic carbocycles. The Balaban J connectivity index is 1.67. The summed E-state index contributed by atoms with van der Waals surface area (Å²) in [6, 6.07) is 0. The summed E-state index contributed by atoms with van der Waals surface area (Å²) in [5.41, 5.74) is -0.228. The van der Waals surface area contributed by atoms with Crippen molar-refractivity contribution < 1.29 is 14.8 Å². The molecule has 0 radical (unpaired) electrons. The van der Waals surface area contributed by atoms with Gasteiger partial charge in [0.2, 0.25) is 0 Å². The first-order valence-corrected chi connectivity index (χ1v) is 9.25. The molecule has 1 unspecified atom stereocenters. The maximum absolute atomic E-state index is 12.6. The molecule has 4 saturated carbocycles. The maximum atomic E-state index is 12.6. The van der Waals surface area contributed by atoms with Crippen molar-refractivity contribution in [3.8, 4) is 0 Å². The van der Waals surface area contributed by atoms with Crippen molar-refractivity contribution in [2.75, 3.05) is 0 Å². The van der Waals surface area contributed by atoms with E-state index in [9.17, 15) is 9.59 Å². The Labute approximate surface area is 137 Å². The molecule has 4 nitrogen and oxygen atoms in total. The Morgan fingerprint density at radius 3 is 2.70 bits per heavy atom. The average Bonchev–Trinajstić information content (AvgIpc) is 2.86. The molecule has 0 heterocycles. The smallest absolute Gasteiger partial charge is 0.144 e. The highest BCUT2D eigenvalue weighted by molar-refractivity contribution is 6.02. The zero-order valence-corrected chi connectivity index (χ0v) is 14.0. The molecule has 0 aliphatic heterocycles. The highest BCUT2D eigenvalue weighted by Crippen LogP contribution is 2.64. The Morgan fingerprint density at radius 2 is 1.91 bits per heavy atom.